The van der Waals surface area contributed by atoms with Crippen molar-refractivity contribution in [3.63, 3.8) is 0 Å². The summed E-state index contributed by atoms with van der Waals surface area (Å²) < 4.78 is 60.6. The molecule has 0 aromatic carbocycles. The smallest absolute Gasteiger partial charge is 0.280 e. The molecule has 3 fully saturated rings. The van der Waals surface area contributed by atoms with E-state index in [0.717, 1.165) is 28.7 Å². The average molecular weight is 714 g/mol. The highest BCUT2D eigenvalue weighted by molar-refractivity contribution is 7.46. The van der Waals surface area contributed by atoms with Crippen LogP contribution in [0.3, 0.4) is 0 Å². The van der Waals surface area contributed by atoms with E-state index < -0.39 is 94.7 Å². The van der Waals surface area contributed by atoms with Gasteiger partial charge in [0.15, 0.2) is 28.6 Å². The third-order valence-electron chi connectivity index (χ3n) is 7.87. The Labute approximate surface area is 265 Å². The number of nitrogens with zero attached hydrogens (tertiary/aromatic N) is 6. The minimum absolute atomic E-state index is 0.133. The van der Waals surface area contributed by atoms with Crippen LogP contribution in [-0.2, 0) is 41.5 Å². The van der Waals surface area contributed by atoms with Crippen LogP contribution in [0.5, 0.6) is 0 Å². The number of rotatable bonds is 3. The van der Waals surface area contributed by atoms with Gasteiger partial charge in [-0.15, -0.1) is 0 Å². The van der Waals surface area contributed by atoms with Crippen LogP contribution in [0.1, 0.15) is 19.4 Å². The van der Waals surface area contributed by atoms with E-state index in [0.29, 0.717) is 0 Å². The fourth-order valence-corrected chi connectivity index (χ4v) is 7.74. The summed E-state index contributed by atoms with van der Waals surface area (Å²) in [7, 11) is -10.8. The second-order valence-corrected chi connectivity index (χ2v) is 13.7. The van der Waals surface area contributed by atoms with E-state index in [-0.39, 0.29) is 34.2 Å². The number of phosphoric ester groups is 2. The summed E-state index contributed by atoms with van der Waals surface area (Å²) in [5.74, 6) is -2.75. The summed E-state index contributed by atoms with van der Waals surface area (Å²) in [5.41, 5.74) is 9.19. The number of ether oxygens (including phenoxy) is 2. The molecule has 26 heteroatoms. The fourth-order valence-electron chi connectivity index (χ4n) is 5.83. The summed E-state index contributed by atoms with van der Waals surface area (Å²) in [5, 5.41) is 11.1. The van der Waals surface area contributed by atoms with E-state index in [2.05, 4.69) is 29.9 Å². The Morgan fingerprint density at radius 3 is 1.85 bits per heavy atom. The Hall–Kier alpha value is -3.93. The number of anilines is 2. The molecule has 258 valence electrons. The van der Waals surface area contributed by atoms with Gasteiger partial charge in [0.2, 0.25) is 11.9 Å². The second-order valence-electron chi connectivity index (χ2n) is 10.9. The average Bonchev–Trinajstić information content (AvgIpc) is 3.75. The lowest BCUT2D eigenvalue weighted by atomic mass is 9.96. The number of aromatic amines is 2. The lowest BCUT2D eigenvalue weighted by Gasteiger charge is -2.35. The number of nitrogens with one attached hydrogen (secondary N) is 2. The number of phosphoric acid groups is 2. The van der Waals surface area contributed by atoms with E-state index >= 15 is 0 Å². The standard InChI is InChI=1S/C22H26N10O14P2/c1-6(33)9-13-7(43-19(9)31-4-25-10-15(31)27-21(23)29-17(10)35)2-41-48(39,40)46-14-8(3-42-47(37,38)45-13)44-20(12(14)34)32-5-26-11-16(32)28-22(24)30-18(11)36/h4-5,7-9,12-14,19-20,34H,2-3H2,1H3,(H,37,38)(H,39,40)(H3,23,27,29,35)(H3,24,28,30,36)/p-2/t7-,8-,9?,12?,13+,14+,19-,20-/m1/s1. The first kappa shape index (κ1) is 32.6. The Kier molecular flexibility index (Phi) is 7.88. The predicted octanol–water partition coefficient (Wildman–Crippen LogP) is -3.47. The third-order valence-corrected chi connectivity index (χ3v) is 9.80. The zero-order valence-electron chi connectivity index (χ0n) is 24.2. The van der Waals surface area contributed by atoms with Gasteiger partial charge in [-0.2, -0.15) is 9.97 Å². The van der Waals surface area contributed by atoms with Crippen molar-refractivity contribution >= 4 is 55.7 Å². The first-order valence-corrected chi connectivity index (χ1v) is 16.8. The van der Waals surface area contributed by atoms with Crippen molar-refractivity contribution in [3.05, 3.63) is 33.4 Å². The van der Waals surface area contributed by atoms with Crippen LogP contribution in [0.2, 0.25) is 0 Å². The van der Waals surface area contributed by atoms with Gasteiger partial charge in [-0.3, -0.25) is 42.6 Å². The number of fused-ring (bicyclic) bond motifs is 4. The van der Waals surface area contributed by atoms with Crippen molar-refractivity contribution < 1.29 is 56.4 Å². The van der Waals surface area contributed by atoms with Crippen LogP contribution in [0.25, 0.3) is 22.3 Å². The Balaban J connectivity index is 1.21. The second kappa shape index (κ2) is 11.6. The van der Waals surface area contributed by atoms with Crippen LogP contribution >= 0.6 is 15.6 Å². The first-order valence-electron chi connectivity index (χ1n) is 13.8. The van der Waals surface area contributed by atoms with Gasteiger partial charge in [0.25, 0.3) is 26.8 Å². The van der Waals surface area contributed by atoms with Gasteiger partial charge in [0, 0.05) is 0 Å². The zero-order chi connectivity index (χ0) is 34.3. The molecule has 7 rings (SSSR count). The van der Waals surface area contributed by atoms with Crippen molar-refractivity contribution in [3.8, 4) is 0 Å². The van der Waals surface area contributed by atoms with Crippen molar-refractivity contribution in [2.45, 2.75) is 49.9 Å². The number of Topliss-reactive ketones (excluding diaryl/α,β-unsaturated/α-hetero) is 1. The molecule has 0 radical (unpaired) electrons. The molecule has 0 aliphatic carbocycles. The van der Waals surface area contributed by atoms with E-state index in [1.54, 1.807) is 0 Å². The van der Waals surface area contributed by atoms with Crippen molar-refractivity contribution in [2.24, 2.45) is 5.92 Å². The molecule has 48 heavy (non-hydrogen) atoms. The third kappa shape index (κ3) is 5.65. The van der Waals surface area contributed by atoms with Gasteiger partial charge < -0.3 is 53.9 Å². The number of aromatic nitrogens is 8. The molecule has 24 nitrogen and oxygen atoms in total. The van der Waals surface area contributed by atoms with Gasteiger partial charge >= 0.3 is 0 Å². The number of hydrogen-bond acceptors (Lipinski definition) is 20. The van der Waals surface area contributed by atoms with Crippen LogP contribution in [0, 0.1) is 5.92 Å². The number of hydrogen-bond donors (Lipinski definition) is 5. The van der Waals surface area contributed by atoms with E-state index in [1.165, 1.54) is 0 Å². The lowest BCUT2D eigenvalue weighted by Crippen LogP contribution is -2.40. The quantitative estimate of drug-likeness (QED) is 0.129. The number of aliphatic hydroxyl groups is 1. The zero-order valence-corrected chi connectivity index (χ0v) is 26.0. The van der Waals surface area contributed by atoms with Crippen LogP contribution in [-0.4, -0.2) is 93.7 Å². The highest BCUT2D eigenvalue weighted by atomic mass is 31.2. The monoisotopic (exact) mass is 714 g/mol. The maximum absolute atomic E-state index is 13.2. The summed E-state index contributed by atoms with van der Waals surface area (Å²) in [6, 6.07) is 0. The molecule has 4 aromatic heterocycles. The molecule has 3 aliphatic heterocycles. The predicted molar refractivity (Wildman–Crippen MR) is 150 cm³/mol. The summed E-state index contributed by atoms with van der Waals surface area (Å²) >= 11 is 0. The van der Waals surface area contributed by atoms with Crippen LogP contribution < -0.4 is 32.4 Å². The molecule has 4 aromatic rings. The molecule has 3 saturated heterocycles. The topological polar surface area (TPSA) is 352 Å². The molecule has 0 bridgehead atoms. The van der Waals surface area contributed by atoms with Gasteiger partial charge in [-0.05, 0) is 6.92 Å². The lowest BCUT2D eigenvalue weighted by molar-refractivity contribution is -0.244. The number of imidazole rings is 2. The molecule has 0 amide bonds. The van der Waals surface area contributed by atoms with E-state index in [9.17, 15) is 38.4 Å². The number of carbonyl (C=O) groups excluding carboxylic acids is 1. The summed E-state index contributed by atoms with van der Waals surface area (Å²) in [6.45, 7) is -0.818. The molecular weight excluding hydrogens is 690 g/mol. The molecule has 7 heterocycles. The maximum atomic E-state index is 13.2. The molecule has 7 N–H and O–H groups in total. The van der Waals surface area contributed by atoms with Crippen molar-refractivity contribution in [1.82, 2.24) is 39.0 Å². The van der Waals surface area contributed by atoms with Gasteiger partial charge in [0.05, 0.1) is 31.8 Å². The first-order chi connectivity index (χ1) is 22.6. The summed E-state index contributed by atoms with van der Waals surface area (Å²) in [6.07, 6.45) is -9.46. The number of nitrogens with two attached hydrogens (primary N) is 2. The van der Waals surface area contributed by atoms with Gasteiger partial charge in [-0.1, -0.05) is 0 Å². The number of carbonyl (C=O) groups is 1. The summed E-state index contributed by atoms with van der Waals surface area (Å²) in [4.78, 5) is 84.1. The molecule has 4 unspecified atom stereocenters. The van der Waals surface area contributed by atoms with Crippen molar-refractivity contribution in [2.75, 3.05) is 24.7 Å². The molecule has 3 aliphatic rings. The molecular formula is C22H24N10O14P2-2. The molecule has 0 spiro atoms. The maximum Gasteiger partial charge on any atom is 0.280 e. The highest BCUT2D eigenvalue weighted by Gasteiger charge is 2.53. The number of nitrogen functional groups attached to an aromatic ring is 2. The van der Waals surface area contributed by atoms with Gasteiger partial charge in [-0.25, -0.2) is 9.97 Å². The van der Waals surface area contributed by atoms with E-state index in [1.807, 2.05) is 0 Å². The SMILES string of the molecule is CC(=O)C1[C@H]2OP(=O)([O-])OC[C@H]3O[C@@H](n4cnc5c(=O)[nH]c(N)nc54)C(O)[C@H]3OP(=O)([O-])OC[C@H]2O[C@H]1n1cnc2c(=O)[nH]c(N)nc21. The van der Waals surface area contributed by atoms with Crippen molar-refractivity contribution in [1.29, 1.82) is 0 Å². The van der Waals surface area contributed by atoms with Gasteiger partial charge in [0.1, 0.15) is 42.5 Å². The van der Waals surface area contributed by atoms with Crippen LogP contribution in [0.4, 0.5) is 11.9 Å². The molecule has 0 saturated carbocycles. The Bertz CT molecular complexity index is 2150. The largest absolute Gasteiger partial charge is 0.756 e. The highest BCUT2D eigenvalue weighted by Crippen LogP contribution is 2.52. The number of H-pyrrole nitrogens is 2. The fraction of sp³-hybridized carbons (Fsp3) is 0.500. The normalized spacial score (nSPS) is 36.0. The van der Waals surface area contributed by atoms with E-state index in [4.69, 9.17) is 39.0 Å². The Morgan fingerprint density at radius 2 is 1.33 bits per heavy atom. The number of ketones is 1. The number of aliphatic hydroxyl groups excluding tert-OH is 1. The minimum atomic E-state index is -5.40. The Morgan fingerprint density at radius 1 is 0.875 bits per heavy atom. The minimum Gasteiger partial charge on any atom is -0.756 e. The van der Waals surface area contributed by atoms with Crippen LogP contribution in [0.15, 0.2) is 22.2 Å². The molecule has 10 atom stereocenters.